The Morgan fingerprint density at radius 3 is 2.38 bits per heavy atom. The maximum absolute atomic E-state index is 13.6. The zero-order chi connectivity index (χ0) is 16.4. The van der Waals surface area contributed by atoms with E-state index in [0.29, 0.717) is 6.42 Å². The molecular weight excluding hydrogens is 360 g/mol. The van der Waals surface area contributed by atoms with Gasteiger partial charge in [0.25, 0.3) is 0 Å². The average Bonchev–Trinajstić information content (AvgIpc) is 2.31. The number of rotatable bonds is 5. The molecule has 0 aliphatic carbocycles. The molecule has 0 radical (unpaired) electrons. The fourth-order valence-electron chi connectivity index (χ4n) is 1.73. The molecule has 0 saturated heterocycles. The minimum absolute atomic E-state index is 0.0259. The average molecular weight is 377 g/mol. The summed E-state index contributed by atoms with van der Waals surface area (Å²) in [5, 5.41) is -1.14. The van der Waals surface area contributed by atoms with E-state index < -0.39 is 20.9 Å². The van der Waals surface area contributed by atoms with Gasteiger partial charge in [-0.1, -0.05) is 44.0 Å². The highest BCUT2D eigenvalue weighted by Crippen LogP contribution is 2.29. The van der Waals surface area contributed by atoms with E-state index in [9.17, 15) is 12.8 Å². The first kappa shape index (κ1) is 19.0. The van der Waals surface area contributed by atoms with Gasteiger partial charge < -0.3 is 0 Å². The molecule has 0 aromatic heterocycles. The van der Waals surface area contributed by atoms with Crippen LogP contribution in [0.4, 0.5) is 4.39 Å². The van der Waals surface area contributed by atoms with Crippen molar-refractivity contribution < 1.29 is 12.8 Å². The summed E-state index contributed by atoms with van der Waals surface area (Å²) in [7, 11) is -3.95. The molecular formula is C13H17Cl3FNO2S. The molecule has 1 atom stereocenters. The lowest BCUT2D eigenvalue weighted by Crippen LogP contribution is -2.32. The Labute approximate surface area is 139 Å². The Morgan fingerprint density at radius 2 is 1.86 bits per heavy atom. The Morgan fingerprint density at radius 1 is 1.29 bits per heavy atom. The quantitative estimate of drug-likeness (QED) is 0.609. The zero-order valence-corrected chi connectivity index (χ0v) is 15.0. The lowest BCUT2D eigenvalue weighted by Gasteiger charge is -2.22. The van der Waals surface area contributed by atoms with E-state index in [-0.39, 0.29) is 27.3 Å². The summed E-state index contributed by atoms with van der Waals surface area (Å²) in [6, 6.07) is 2.30. The fourth-order valence-corrected chi connectivity index (χ4v) is 4.19. The fraction of sp³-hybridized carbons (Fsp3) is 0.538. The van der Waals surface area contributed by atoms with Crippen LogP contribution in [0, 0.1) is 11.2 Å². The number of sulfonamides is 1. The molecule has 0 heterocycles. The molecule has 1 N–H and O–H groups in total. The third-order valence-electron chi connectivity index (χ3n) is 2.62. The monoisotopic (exact) mass is 375 g/mol. The van der Waals surface area contributed by atoms with Gasteiger partial charge in [-0.15, -0.1) is 11.6 Å². The van der Waals surface area contributed by atoms with Gasteiger partial charge in [-0.05, 0) is 24.0 Å². The highest BCUT2D eigenvalue weighted by atomic mass is 35.5. The van der Waals surface area contributed by atoms with E-state index >= 15 is 0 Å². The van der Waals surface area contributed by atoms with Gasteiger partial charge in [-0.3, -0.25) is 0 Å². The second kappa shape index (κ2) is 7.01. The molecule has 1 rings (SSSR count). The van der Waals surface area contributed by atoms with Crippen molar-refractivity contribution in [1.82, 2.24) is 4.72 Å². The molecule has 0 aliphatic heterocycles. The highest BCUT2D eigenvalue weighted by Gasteiger charge is 2.24. The van der Waals surface area contributed by atoms with E-state index in [1.807, 2.05) is 20.8 Å². The van der Waals surface area contributed by atoms with Crippen molar-refractivity contribution in [3.8, 4) is 0 Å². The van der Waals surface area contributed by atoms with Crippen molar-refractivity contribution in [1.29, 1.82) is 0 Å². The maximum atomic E-state index is 13.6. The largest absolute Gasteiger partial charge is 0.242 e. The number of halogens is 4. The highest BCUT2D eigenvalue weighted by molar-refractivity contribution is 7.89. The Kier molecular flexibility index (Phi) is 6.33. The van der Waals surface area contributed by atoms with Crippen LogP contribution in [0.2, 0.25) is 10.0 Å². The van der Waals surface area contributed by atoms with E-state index in [0.717, 1.165) is 12.1 Å². The molecule has 0 spiro atoms. The van der Waals surface area contributed by atoms with Crippen LogP contribution in [0.1, 0.15) is 27.2 Å². The molecule has 1 aromatic carbocycles. The van der Waals surface area contributed by atoms with Gasteiger partial charge in [0.15, 0.2) is 5.82 Å². The zero-order valence-electron chi connectivity index (χ0n) is 11.9. The summed E-state index contributed by atoms with van der Waals surface area (Å²) in [6.45, 7) is 6.04. The predicted molar refractivity (Wildman–Crippen MR) is 85.3 cm³/mol. The normalized spacial score (nSPS) is 14.2. The first-order chi connectivity index (χ1) is 9.44. The molecule has 0 bridgehead atoms. The van der Waals surface area contributed by atoms with E-state index in [1.54, 1.807) is 0 Å². The number of nitrogens with one attached hydrogen (secondary N) is 1. The molecule has 0 saturated carbocycles. The topological polar surface area (TPSA) is 46.2 Å². The van der Waals surface area contributed by atoms with E-state index in [2.05, 4.69) is 4.72 Å². The third-order valence-corrected chi connectivity index (χ3v) is 5.17. The van der Waals surface area contributed by atoms with Crippen molar-refractivity contribution in [3.63, 3.8) is 0 Å². The molecule has 21 heavy (non-hydrogen) atoms. The number of hydrogen-bond donors (Lipinski definition) is 1. The molecule has 8 heteroatoms. The van der Waals surface area contributed by atoms with Crippen LogP contribution in [0.25, 0.3) is 0 Å². The van der Waals surface area contributed by atoms with Crippen LogP contribution in [-0.4, -0.2) is 20.3 Å². The summed E-state index contributed by atoms with van der Waals surface area (Å²) in [5.74, 6) is -0.960. The Hall–Kier alpha value is -0.0700. The summed E-state index contributed by atoms with van der Waals surface area (Å²) >= 11 is 17.3. The summed E-state index contributed by atoms with van der Waals surface area (Å²) in [5.41, 5.74) is -0.0259. The second-order valence-electron chi connectivity index (χ2n) is 5.89. The number of alkyl halides is 1. The second-order valence-corrected chi connectivity index (χ2v) is 9.03. The summed E-state index contributed by atoms with van der Waals surface area (Å²) in [6.07, 6.45) is 0.625. The molecule has 3 nitrogen and oxygen atoms in total. The van der Waals surface area contributed by atoms with Gasteiger partial charge in [-0.2, -0.15) is 0 Å². The van der Waals surface area contributed by atoms with E-state index in [4.69, 9.17) is 34.8 Å². The van der Waals surface area contributed by atoms with Crippen LogP contribution >= 0.6 is 34.8 Å². The van der Waals surface area contributed by atoms with Crippen LogP contribution in [0.5, 0.6) is 0 Å². The van der Waals surface area contributed by atoms with Crippen LogP contribution in [-0.2, 0) is 10.0 Å². The smallest absolute Gasteiger partial charge is 0.210 e. The first-order valence-electron chi connectivity index (χ1n) is 6.21. The van der Waals surface area contributed by atoms with Crippen molar-refractivity contribution >= 4 is 44.8 Å². The molecule has 1 unspecified atom stereocenters. The minimum Gasteiger partial charge on any atom is -0.210 e. The van der Waals surface area contributed by atoms with Gasteiger partial charge in [0.1, 0.15) is 4.90 Å². The molecule has 0 aliphatic rings. The van der Waals surface area contributed by atoms with E-state index in [1.165, 1.54) is 0 Å². The number of hydrogen-bond acceptors (Lipinski definition) is 2. The SMILES string of the molecule is CC(C)(C)CC(Cl)CNS(=O)(=O)c1ccc(Cl)c(F)c1Cl. The van der Waals surface area contributed by atoms with Gasteiger partial charge >= 0.3 is 0 Å². The van der Waals surface area contributed by atoms with Crippen LogP contribution in [0.15, 0.2) is 17.0 Å². The standard InChI is InChI=1S/C13H17Cl3FNO2S/c1-13(2,3)6-8(14)7-18-21(19,20)10-5-4-9(15)12(17)11(10)16/h4-5,8,18H,6-7H2,1-3H3. The van der Waals surface area contributed by atoms with Gasteiger partial charge in [-0.25, -0.2) is 17.5 Å². The van der Waals surface area contributed by atoms with Crippen molar-refractivity contribution in [3.05, 3.63) is 28.0 Å². The maximum Gasteiger partial charge on any atom is 0.242 e. The van der Waals surface area contributed by atoms with Crippen LogP contribution < -0.4 is 4.72 Å². The third kappa shape index (κ3) is 5.57. The van der Waals surface area contributed by atoms with Gasteiger partial charge in [0, 0.05) is 11.9 Å². The predicted octanol–water partition coefficient (Wildman–Crippen LogP) is 4.45. The minimum atomic E-state index is -3.95. The molecule has 0 fully saturated rings. The first-order valence-corrected chi connectivity index (χ1v) is 8.89. The lowest BCUT2D eigenvalue weighted by atomic mass is 9.90. The summed E-state index contributed by atoms with van der Waals surface area (Å²) in [4.78, 5) is -0.356. The number of benzene rings is 1. The Balaban J connectivity index is 2.86. The lowest BCUT2D eigenvalue weighted by molar-refractivity contribution is 0.369. The van der Waals surface area contributed by atoms with Gasteiger partial charge in [0.2, 0.25) is 10.0 Å². The molecule has 1 aromatic rings. The van der Waals surface area contributed by atoms with Crippen molar-refractivity contribution in [2.24, 2.45) is 5.41 Å². The molecule has 120 valence electrons. The van der Waals surface area contributed by atoms with Gasteiger partial charge in [0.05, 0.1) is 10.0 Å². The van der Waals surface area contributed by atoms with Crippen molar-refractivity contribution in [2.45, 2.75) is 37.5 Å². The molecule has 0 amide bonds. The van der Waals surface area contributed by atoms with Crippen LogP contribution in [0.3, 0.4) is 0 Å². The van der Waals surface area contributed by atoms with Crippen molar-refractivity contribution in [2.75, 3.05) is 6.54 Å². The summed E-state index contributed by atoms with van der Waals surface area (Å²) < 4.78 is 40.1. The Bertz CT molecular complexity index is 615.